The summed E-state index contributed by atoms with van der Waals surface area (Å²) in [6.45, 7) is 4.44. The number of halogens is 2. The normalized spacial score (nSPS) is 21.0. The predicted molar refractivity (Wildman–Crippen MR) is 117 cm³/mol. The Hall–Kier alpha value is -2.59. The molecule has 1 fully saturated rings. The van der Waals surface area contributed by atoms with Crippen LogP contribution in [0.3, 0.4) is 0 Å². The summed E-state index contributed by atoms with van der Waals surface area (Å²) < 4.78 is 55.3. The number of aromatic nitrogens is 1. The van der Waals surface area contributed by atoms with Crippen molar-refractivity contribution in [2.45, 2.75) is 45.3 Å². The molecule has 1 aromatic carbocycles. The van der Waals surface area contributed by atoms with Crippen molar-refractivity contribution in [3.63, 3.8) is 0 Å². The number of amidine groups is 1. The molecule has 2 aliphatic rings. The first-order chi connectivity index (χ1) is 15.3. The minimum atomic E-state index is -3.29. The van der Waals surface area contributed by atoms with Gasteiger partial charge in [0.15, 0.2) is 6.10 Å². The maximum atomic E-state index is 14.5. The molecule has 7 nitrogen and oxygen atoms in total. The summed E-state index contributed by atoms with van der Waals surface area (Å²) in [4.78, 5) is 12.1. The van der Waals surface area contributed by atoms with Crippen molar-refractivity contribution in [1.82, 2.24) is 14.6 Å². The number of hydrogen-bond acceptors (Lipinski definition) is 6. The van der Waals surface area contributed by atoms with E-state index in [-0.39, 0.29) is 17.4 Å². The van der Waals surface area contributed by atoms with E-state index >= 15 is 0 Å². The molecule has 172 valence electrons. The van der Waals surface area contributed by atoms with Gasteiger partial charge in [-0.05, 0) is 50.5 Å². The average Bonchev–Trinajstić information content (AvgIpc) is 3.42. The quantitative estimate of drug-likeness (QED) is 0.707. The first-order valence-corrected chi connectivity index (χ1v) is 12.3. The molecule has 1 aromatic heterocycles. The Morgan fingerprint density at radius 1 is 1.28 bits per heavy atom. The largest absolute Gasteiger partial charge is 0.384 e. The number of benzene rings is 1. The first-order valence-electron chi connectivity index (χ1n) is 10.7. The SMILES string of the molecule is CCS(=O)(=O)NC[C@@H]1CCCN1C1=NOC(c2ncc(C)cc2-c2c(F)cccc2F)C1. The first kappa shape index (κ1) is 22.6. The van der Waals surface area contributed by atoms with Gasteiger partial charge in [-0.25, -0.2) is 21.9 Å². The number of pyridine rings is 1. The average molecular weight is 465 g/mol. The molecule has 2 aromatic rings. The lowest BCUT2D eigenvalue weighted by atomic mass is 9.97. The number of sulfonamides is 1. The van der Waals surface area contributed by atoms with Crippen molar-refractivity contribution >= 4 is 15.9 Å². The number of likely N-dealkylation sites (tertiary alicyclic amines) is 1. The van der Waals surface area contributed by atoms with Crippen LogP contribution in [0.1, 0.15) is 43.5 Å². The maximum absolute atomic E-state index is 14.5. The standard InChI is InChI=1S/C22H26F2N4O3S/c1-3-32(29,30)26-13-15-6-5-9-28(15)20-11-19(31-27-20)22-16(10-14(2)12-25-22)21-17(23)7-4-8-18(21)24/h4,7-8,10,12,15,19,26H,3,5-6,9,11,13H2,1-2H3/t15-,19?/m0/s1. The fraction of sp³-hybridized carbons (Fsp3) is 0.455. The molecular formula is C22H26F2N4O3S. The Kier molecular flexibility index (Phi) is 6.43. The minimum Gasteiger partial charge on any atom is -0.384 e. The van der Waals surface area contributed by atoms with E-state index in [0.717, 1.165) is 24.9 Å². The van der Waals surface area contributed by atoms with Crippen molar-refractivity contribution in [3.8, 4) is 11.1 Å². The molecule has 0 radical (unpaired) electrons. The second-order valence-corrected chi connectivity index (χ2v) is 10.2. The third-order valence-electron chi connectivity index (χ3n) is 5.87. The van der Waals surface area contributed by atoms with Crippen LogP contribution in [-0.2, 0) is 14.9 Å². The molecule has 0 saturated carbocycles. The van der Waals surface area contributed by atoms with Crippen LogP contribution in [0.25, 0.3) is 11.1 Å². The van der Waals surface area contributed by atoms with Gasteiger partial charge in [0.1, 0.15) is 17.5 Å². The monoisotopic (exact) mass is 464 g/mol. The number of hydrogen-bond donors (Lipinski definition) is 1. The molecule has 2 aliphatic heterocycles. The lowest BCUT2D eigenvalue weighted by Gasteiger charge is -2.25. The topological polar surface area (TPSA) is 83.9 Å². The number of nitrogens with zero attached hydrogens (tertiary/aromatic N) is 3. The van der Waals surface area contributed by atoms with Crippen LogP contribution in [0.4, 0.5) is 8.78 Å². The number of rotatable bonds is 6. The van der Waals surface area contributed by atoms with Crippen molar-refractivity contribution in [2.24, 2.45) is 5.16 Å². The van der Waals surface area contributed by atoms with Gasteiger partial charge in [-0.15, -0.1) is 0 Å². The lowest BCUT2D eigenvalue weighted by Crippen LogP contribution is -2.43. The van der Waals surface area contributed by atoms with E-state index in [1.54, 1.807) is 19.2 Å². The van der Waals surface area contributed by atoms with Crippen LogP contribution in [-0.4, -0.2) is 49.0 Å². The lowest BCUT2D eigenvalue weighted by molar-refractivity contribution is 0.0828. The van der Waals surface area contributed by atoms with E-state index in [9.17, 15) is 17.2 Å². The van der Waals surface area contributed by atoms with Crippen LogP contribution in [0.5, 0.6) is 0 Å². The van der Waals surface area contributed by atoms with Crippen LogP contribution < -0.4 is 4.72 Å². The summed E-state index contributed by atoms with van der Waals surface area (Å²) in [7, 11) is -3.29. The highest BCUT2D eigenvalue weighted by Gasteiger charge is 2.35. The molecule has 1 saturated heterocycles. The maximum Gasteiger partial charge on any atom is 0.211 e. The van der Waals surface area contributed by atoms with Crippen molar-refractivity contribution in [3.05, 3.63) is 53.4 Å². The van der Waals surface area contributed by atoms with Crippen molar-refractivity contribution in [1.29, 1.82) is 0 Å². The van der Waals surface area contributed by atoms with E-state index in [1.807, 2.05) is 6.92 Å². The molecule has 0 aliphatic carbocycles. The molecule has 3 heterocycles. The molecule has 2 atom stereocenters. The summed E-state index contributed by atoms with van der Waals surface area (Å²) in [6.07, 6.45) is 3.18. The molecule has 0 spiro atoms. The van der Waals surface area contributed by atoms with Gasteiger partial charge in [0.05, 0.1) is 23.4 Å². The van der Waals surface area contributed by atoms with Crippen LogP contribution in [0.15, 0.2) is 35.6 Å². The molecule has 1 N–H and O–H groups in total. The molecular weight excluding hydrogens is 438 g/mol. The van der Waals surface area contributed by atoms with Crippen LogP contribution >= 0.6 is 0 Å². The van der Waals surface area contributed by atoms with E-state index in [2.05, 4.69) is 19.8 Å². The zero-order valence-electron chi connectivity index (χ0n) is 18.0. The summed E-state index contributed by atoms with van der Waals surface area (Å²) in [5.74, 6) is -0.614. The zero-order valence-corrected chi connectivity index (χ0v) is 18.8. The van der Waals surface area contributed by atoms with Gasteiger partial charge < -0.3 is 9.74 Å². The summed E-state index contributed by atoms with van der Waals surface area (Å²) in [5, 5.41) is 4.23. The van der Waals surface area contributed by atoms with Crippen LogP contribution in [0, 0.1) is 18.6 Å². The Labute approximate surface area is 186 Å². The van der Waals surface area contributed by atoms with Gasteiger partial charge in [-0.2, -0.15) is 0 Å². The van der Waals surface area contributed by atoms with Gasteiger partial charge >= 0.3 is 0 Å². The van der Waals surface area contributed by atoms with E-state index < -0.39 is 27.8 Å². The number of oxime groups is 1. The Bertz CT molecular complexity index is 1120. The number of aryl methyl sites for hydroxylation is 1. The fourth-order valence-corrected chi connectivity index (χ4v) is 4.84. The molecule has 1 unspecified atom stereocenters. The Morgan fingerprint density at radius 2 is 2.03 bits per heavy atom. The van der Waals surface area contributed by atoms with Crippen LogP contribution in [0.2, 0.25) is 0 Å². The van der Waals surface area contributed by atoms with Gasteiger partial charge in [0, 0.05) is 30.9 Å². The third kappa shape index (κ3) is 4.61. The molecule has 0 bridgehead atoms. The van der Waals surface area contributed by atoms with Gasteiger partial charge in [0.2, 0.25) is 10.0 Å². The molecule has 10 heteroatoms. The molecule has 0 amide bonds. The third-order valence-corrected chi connectivity index (χ3v) is 7.24. The van der Waals surface area contributed by atoms with Crippen molar-refractivity contribution < 1.29 is 22.0 Å². The minimum absolute atomic E-state index is 0.0214. The van der Waals surface area contributed by atoms with Gasteiger partial charge in [-0.1, -0.05) is 11.2 Å². The summed E-state index contributed by atoms with van der Waals surface area (Å²) in [6, 6.07) is 5.43. The zero-order chi connectivity index (χ0) is 22.9. The predicted octanol–water partition coefficient (Wildman–Crippen LogP) is 3.51. The molecule has 32 heavy (non-hydrogen) atoms. The highest BCUT2D eigenvalue weighted by atomic mass is 32.2. The smallest absolute Gasteiger partial charge is 0.211 e. The highest BCUT2D eigenvalue weighted by Crippen LogP contribution is 2.37. The van der Waals surface area contributed by atoms with Crippen molar-refractivity contribution in [2.75, 3.05) is 18.8 Å². The summed E-state index contributed by atoms with van der Waals surface area (Å²) >= 11 is 0. The van der Waals surface area contributed by atoms with E-state index in [0.29, 0.717) is 30.1 Å². The second kappa shape index (κ2) is 9.11. The van der Waals surface area contributed by atoms with Gasteiger partial charge in [0.25, 0.3) is 0 Å². The number of nitrogens with one attached hydrogen (secondary N) is 1. The van der Waals surface area contributed by atoms with Gasteiger partial charge in [-0.3, -0.25) is 4.98 Å². The highest BCUT2D eigenvalue weighted by molar-refractivity contribution is 7.89. The Balaban J connectivity index is 1.55. The fourth-order valence-electron chi connectivity index (χ4n) is 4.19. The molecule has 4 rings (SSSR count). The second-order valence-electron chi connectivity index (χ2n) is 8.09. The summed E-state index contributed by atoms with van der Waals surface area (Å²) in [5.41, 5.74) is 1.40. The van der Waals surface area contributed by atoms with E-state index in [4.69, 9.17) is 4.84 Å². The van der Waals surface area contributed by atoms with E-state index in [1.165, 1.54) is 18.2 Å². The Morgan fingerprint density at radius 3 is 2.75 bits per heavy atom.